The highest BCUT2D eigenvalue weighted by atomic mass is 32.2. The standard InChI is InChI=1S/C20H23FN4O5S/c1-14-10-16(5-6-17(14)21)31(28,29)25-8-3-9-30-18(25)13-24-20(27)19(26)23-12-15-4-2-7-22-11-15/h2,4-7,10-11,18H,3,8-9,12-13H2,1H3,(H,23,26)(H,24,27)/t18-/m1/s1. The van der Waals surface area contributed by atoms with Gasteiger partial charge in [0.1, 0.15) is 12.0 Å². The largest absolute Gasteiger partial charge is 0.360 e. The zero-order valence-electron chi connectivity index (χ0n) is 16.9. The van der Waals surface area contributed by atoms with Crippen LogP contribution in [0.3, 0.4) is 0 Å². The van der Waals surface area contributed by atoms with Gasteiger partial charge in [0.15, 0.2) is 0 Å². The molecular formula is C20H23FN4O5S. The number of nitrogens with zero attached hydrogens (tertiary/aromatic N) is 2. The van der Waals surface area contributed by atoms with Crippen molar-refractivity contribution in [2.24, 2.45) is 0 Å². The summed E-state index contributed by atoms with van der Waals surface area (Å²) in [5.74, 6) is -2.27. The molecule has 3 rings (SSSR count). The molecule has 1 saturated heterocycles. The van der Waals surface area contributed by atoms with Crippen molar-refractivity contribution in [3.05, 3.63) is 59.7 Å². The first-order valence-electron chi connectivity index (χ1n) is 9.63. The Morgan fingerprint density at radius 2 is 2.03 bits per heavy atom. The van der Waals surface area contributed by atoms with Gasteiger partial charge in [-0.25, -0.2) is 12.8 Å². The van der Waals surface area contributed by atoms with Crippen LogP contribution < -0.4 is 10.6 Å². The summed E-state index contributed by atoms with van der Waals surface area (Å²) in [5.41, 5.74) is 0.931. The van der Waals surface area contributed by atoms with E-state index >= 15 is 0 Å². The molecule has 0 saturated carbocycles. The molecule has 11 heteroatoms. The first kappa shape index (κ1) is 22.8. The van der Waals surface area contributed by atoms with E-state index in [0.29, 0.717) is 13.0 Å². The summed E-state index contributed by atoms with van der Waals surface area (Å²) >= 11 is 0. The Hall–Kier alpha value is -2.89. The summed E-state index contributed by atoms with van der Waals surface area (Å²) in [6.07, 6.45) is 2.64. The lowest BCUT2D eigenvalue weighted by Crippen LogP contribution is -2.53. The summed E-state index contributed by atoms with van der Waals surface area (Å²) in [6.45, 7) is 1.88. The molecule has 0 radical (unpaired) electrons. The maximum atomic E-state index is 13.5. The predicted molar refractivity (Wildman–Crippen MR) is 108 cm³/mol. The molecule has 0 unspecified atom stereocenters. The molecular weight excluding hydrogens is 427 g/mol. The lowest BCUT2D eigenvalue weighted by atomic mass is 10.2. The Morgan fingerprint density at radius 1 is 1.26 bits per heavy atom. The van der Waals surface area contributed by atoms with Gasteiger partial charge in [-0.05, 0) is 48.7 Å². The number of hydrogen-bond donors (Lipinski definition) is 2. The number of pyridine rings is 1. The zero-order valence-corrected chi connectivity index (χ0v) is 17.7. The number of benzene rings is 1. The van der Waals surface area contributed by atoms with Crippen LogP contribution in [0.25, 0.3) is 0 Å². The lowest BCUT2D eigenvalue weighted by Gasteiger charge is -2.34. The van der Waals surface area contributed by atoms with Crippen molar-refractivity contribution in [1.82, 2.24) is 19.9 Å². The van der Waals surface area contributed by atoms with Crippen molar-refractivity contribution in [1.29, 1.82) is 0 Å². The second kappa shape index (κ2) is 9.94. The lowest BCUT2D eigenvalue weighted by molar-refractivity contribution is -0.140. The third-order valence-electron chi connectivity index (χ3n) is 4.71. The van der Waals surface area contributed by atoms with Gasteiger partial charge in [-0.1, -0.05) is 6.07 Å². The number of hydrogen-bond acceptors (Lipinski definition) is 6. The van der Waals surface area contributed by atoms with Gasteiger partial charge in [0.2, 0.25) is 10.0 Å². The van der Waals surface area contributed by atoms with Gasteiger partial charge in [-0.2, -0.15) is 4.31 Å². The van der Waals surface area contributed by atoms with E-state index in [9.17, 15) is 22.4 Å². The highest BCUT2D eigenvalue weighted by Crippen LogP contribution is 2.23. The Morgan fingerprint density at radius 3 is 2.74 bits per heavy atom. The molecule has 1 atom stereocenters. The number of rotatable bonds is 6. The first-order valence-corrected chi connectivity index (χ1v) is 11.1. The normalized spacial score (nSPS) is 17.2. The highest BCUT2D eigenvalue weighted by molar-refractivity contribution is 7.89. The van der Waals surface area contributed by atoms with Gasteiger partial charge in [0, 0.05) is 25.5 Å². The van der Waals surface area contributed by atoms with Crippen LogP contribution in [0.1, 0.15) is 17.5 Å². The molecule has 9 nitrogen and oxygen atoms in total. The third kappa shape index (κ3) is 5.63. The number of carbonyl (C=O) groups is 2. The van der Waals surface area contributed by atoms with Gasteiger partial charge >= 0.3 is 11.8 Å². The number of aromatic nitrogens is 1. The maximum Gasteiger partial charge on any atom is 0.309 e. The number of carbonyl (C=O) groups excluding carboxylic acids is 2. The minimum atomic E-state index is -3.98. The maximum absolute atomic E-state index is 13.5. The highest BCUT2D eigenvalue weighted by Gasteiger charge is 2.35. The minimum Gasteiger partial charge on any atom is -0.360 e. The molecule has 1 fully saturated rings. The van der Waals surface area contributed by atoms with Crippen molar-refractivity contribution < 1.29 is 27.1 Å². The van der Waals surface area contributed by atoms with E-state index in [-0.39, 0.29) is 30.1 Å². The van der Waals surface area contributed by atoms with E-state index in [0.717, 1.165) is 15.9 Å². The predicted octanol–water partition coefficient (Wildman–Crippen LogP) is 0.699. The summed E-state index contributed by atoms with van der Waals surface area (Å²) < 4.78 is 46.2. The molecule has 2 heterocycles. The second-order valence-electron chi connectivity index (χ2n) is 6.96. The van der Waals surface area contributed by atoms with E-state index in [4.69, 9.17) is 4.74 Å². The minimum absolute atomic E-state index is 0.0672. The van der Waals surface area contributed by atoms with Gasteiger partial charge in [-0.3, -0.25) is 14.6 Å². The van der Waals surface area contributed by atoms with Crippen molar-refractivity contribution in [3.8, 4) is 0 Å². The average molecular weight is 450 g/mol. The topological polar surface area (TPSA) is 118 Å². The van der Waals surface area contributed by atoms with E-state index in [1.54, 1.807) is 24.5 Å². The molecule has 2 amide bonds. The SMILES string of the molecule is Cc1cc(S(=O)(=O)N2CCCO[C@@H]2CNC(=O)C(=O)NCc2cccnc2)ccc1F. The monoisotopic (exact) mass is 450 g/mol. The molecule has 1 aromatic heterocycles. The number of sulfonamides is 1. The van der Waals surface area contributed by atoms with E-state index in [2.05, 4.69) is 15.6 Å². The van der Waals surface area contributed by atoms with Crippen molar-refractivity contribution >= 4 is 21.8 Å². The summed E-state index contributed by atoms with van der Waals surface area (Å²) in [7, 11) is -3.98. The van der Waals surface area contributed by atoms with Crippen LogP contribution >= 0.6 is 0 Å². The van der Waals surface area contributed by atoms with Crippen LogP contribution in [0, 0.1) is 12.7 Å². The molecule has 1 aromatic carbocycles. The smallest absolute Gasteiger partial charge is 0.309 e. The molecule has 1 aliphatic heterocycles. The van der Waals surface area contributed by atoms with E-state index < -0.39 is 33.9 Å². The van der Waals surface area contributed by atoms with Crippen LogP contribution in [0.2, 0.25) is 0 Å². The van der Waals surface area contributed by atoms with Crippen molar-refractivity contribution in [3.63, 3.8) is 0 Å². The van der Waals surface area contributed by atoms with Crippen LogP contribution in [-0.4, -0.2) is 55.4 Å². The van der Waals surface area contributed by atoms with Crippen LogP contribution in [-0.2, 0) is 30.9 Å². The van der Waals surface area contributed by atoms with Crippen LogP contribution in [0.5, 0.6) is 0 Å². The molecule has 31 heavy (non-hydrogen) atoms. The molecule has 1 aliphatic rings. The van der Waals surface area contributed by atoms with Crippen LogP contribution in [0.4, 0.5) is 4.39 Å². The Balaban J connectivity index is 1.62. The zero-order chi connectivity index (χ0) is 22.4. The number of ether oxygens (including phenoxy) is 1. The molecule has 2 aromatic rings. The number of aryl methyl sites for hydroxylation is 1. The van der Waals surface area contributed by atoms with Crippen molar-refractivity contribution in [2.75, 3.05) is 19.7 Å². The third-order valence-corrected chi connectivity index (χ3v) is 6.59. The summed E-state index contributed by atoms with van der Waals surface area (Å²) in [4.78, 5) is 28.0. The average Bonchev–Trinajstić information content (AvgIpc) is 2.78. The fourth-order valence-electron chi connectivity index (χ4n) is 3.04. The number of halogens is 1. The van der Waals surface area contributed by atoms with E-state index in [1.807, 2.05) is 0 Å². The molecule has 0 bridgehead atoms. The summed E-state index contributed by atoms with van der Waals surface area (Å²) in [5, 5.41) is 4.87. The van der Waals surface area contributed by atoms with Gasteiger partial charge < -0.3 is 15.4 Å². The van der Waals surface area contributed by atoms with Crippen LogP contribution in [0.15, 0.2) is 47.6 Å². The molecule has 166 valence electrons. The Kier molecular flexibility index (Phi) is 7.31. The molecule has 0 aliphatic carbocycles. The molecule has 2 N–H and O–H groups in total. The van der Waals surface area contributed by atoms with Gasteiger partial charge in [-0.15, -0.1) is 0 Å². The van der Waals surface area contributed by atoms with E-state index in [1.165, 1.54) is 19.1 Å². The van der Waals surface area contributed by atoms with Crippen molar-refractivity contribution in [2.45, 2.75) is 31.0 Å². The fourth-order valence-corrected chi connectivity index (χ4v) is 4.69. The fraction of sp³-hybridized carbons (Fsp3) is 0.350. The molecule has 0 spiro atoms. The Labute approximate surface area is 179 Å². The Bertz CT molecular complexity index is 1050. The number of amides is 2. The number of nitrogens with one attached hydrogen (secondary N) is 2. The quantitative estimate of drug-likeness (QED) is 0.626. The first-order chi connectivity index (χ1) is 14.8. The van der Waals surface area contributed by atoms with Gasteiger partial charge in [0.25, 0.3) is 0 Å². The summed E-state index contributed by atoms with van der Waals surface area (Å²) in [6, 6.07) is 6.99. The second-order valence-corrected chi connectivity index (χ2v) is 8.85. The van der Waals surface area contributed by atoms with Gasteiger partial charge in [0.05, 0.1) is 18.0 Å².